The molecule has 0 aromatic heterocycles. The topological polar surface area (TPSA) is 57.6 Å². The fourth-order valence-corrected chi connectivity index (χ4v) is 5.04. The Morgan fingerprint density at radius 2 is 2.00 bits per heavy atom. The molecular weight excluding hydrogens is 322 g/mol. The highest BCUT2D eigenvalue weighted by Gasteiger charge is 2.46. The van der Waals surface area contributed by atoms with Crippen molar-refractivity contribution in [3.8, 4) is 0 Å². The Labute approximate surface area is 144 Å². The molecule has 2 aromatic carbocycles. The van der Waals surface area contributed by atoms with E-state index in [1.807, 2.05) is 24.3 Å². The number of hydrogen-bond donors (Lipinski definition) is 1. The quantitative estimate of drug-likeness (QED) is 0.931. The van der Waals surface area contributed by atoms with Crippen LogP contribution < -0.4 is 0 Å². The van der Waals surface area contributed by atoms with Crippen LogP contribution in [0.1, 0.15) is 18.4 Å². The Balaban J connectivity index is 1.71. The van der Waals surface area contributed by atoms with Crippen LogP contribution in [0.25, 0.3) is 10.8 Å². The predicted octanol–water partition coefficient (Wildman–Crippen LogP) is 3.41. The molecule has 4 rings (SSSR count). The van der Waals surface area contributed by atoms with Crippen LogP contribution in [0.3, 0.4) is 0 Å². The lowest BCUT2D eigenvalue weighted by Gasteiger charge is -2.26. The lowest BCUT2D eigenvalue weighted by molar-refractivity contribution is -0.147. The van der Waals surface area contributed by atoms with E-state index in [0.717, 1.165) is 21.4 Å². The average Bonchev–Trinajstić information content (AvgIpc) is 2.95. The number of benzene rings is 2. The Hall–Kier alpha value is -2.27. The summed E-state index contributed by atoms with van der Waals surface area (Å²) in [4.78, 5) is 25.5. The molecule has 122 valence electrons. The minimum absolute atomic E-state index is 0.0761. The van der Waals surface area contributed by atoms with Gasteiger partial charge in [-0.25, -0.2) is 4.79 Å². The molecule has 4 nitrogen and oxygen atoms in total. The molecule has 1 saturated heterocycles. The summed E-state index contributed by atoms with van der Waals surface area (Å²) in [6.07, 6.45) is 3.72. The normalized spacial score (nSPS) is 23.2. The van der Waals surface area contributed by atoms with E-state index in [4.69, 9.17) is 0 Å². The second-order valence-corrected chi connectivity index (χ2v) is 7.39. The van der Waals surface area contributed by atoms with Gasteiger partial charge in [0.2, 0.25) is 5.91 Å². The second kappa shape index (κ2) is 5.98. The number of carboxylic acids is 1. The summed E-state index contributed by atoms with van der Waals surface area (Å²) in [6, 6.07) is 13.5. The number of fused-ring (bicyclic) bond motifs is 2. The van der Waals surface area contributed by atoms with Crippen molar-refractivity contribution in [2.75, 3.05) is 0 Å². The number of carbonyl (C=O) groups excluding carboxylic acids is 1. The average molecular weight is 339 g/mol. The first kappa shape index (κ1) is 15.3. The monoisotopic (exact) mass is 339 g/mol. The maximum Gasteiger partial charge on any atom is 0.328 e. The lowest BCUT2D eigenvalue weighted by Crippen LogP contribution is -2.45. The van der Waals surface area contributed by atoms with Crippen molar-refractivity contribution in [2.24, 2.45) is 0 Å². The highest BCUT2D eigenvalue weighted by molar-refractivity contribution is 8.04. The number of carbonyl (C=O) groups is 2. The van der Waals surface area contributed by atoms with Gasteiger partial charge in [0.25, 0.3) is 0 Å². The van der Waals surface area contributed by atoms with E-state index in [9.17, 15) is 14.7 Å². The number of aliphatic carboxylic acids is 1. The molecule has 2 aromatic rings. The highest BCUT2D eigenvalue weighted by atomic mass is 32.2. The summed E-state index contributed by atoms with van der Waals surface area (Å²) in [5.74, 6) is -1.00. The molecule has 1 N–H and O–H groups in total. The zero-order valence-electron chi connectivity index (χ0n) is 13.0. The molecule has 2 unspecified atom stereocenters. The van der Waals surface area contributed by atoms with E-state index >= 15 is 0 Å². The maximum absolute atomic E-state index is 12.2. The smallest absolute Gasteiger partial charge is 0.328 e. The molecule has 0 bridgehead atoms. The van der Waals surface area contributed by atoms with Crippen molar-refractivity contribution >= 4 is 34.4 Å². The third-order valence-corrected chi connectivity index (χ3v) is 5.97. The van der Waals surface area contributed by atoms with E-state index in [-0.39, 0.29) is 11.2 Å². The molecular formula is C19H17NO3S. The van der Waals surface area contributed by atoms with Gasteiger partial charge in [-0.1, -0.05) is 48.5 Å². The van der Waals surface area contributed by atoms with Gasteiger partial charge in [-0.15, -0.1) is 11.8 Å². The van der Waals surface area contributed by atoms with Crippen molar-refractivity contribution in [3.63, 3.8) is 0 Å². The number of carboxylic acid groups (broad SMARTS) is 1. The number of rotatable bonds is 3. The van der Waals surface area contributed by atoms with E-state index in [1.54, 1.807) is 0 Å². The second-order valence-electron chi connectivity index (χ2n) is 6.13. The molecule has 2 aliphatic rings. The summed E-state index contributed by atoms with van der Waals surface area (Å²) >= 11 is 1.52. The summed E-state index contributed by atoms with van der Waals surface area (Å²) in [6.45, 7) is 0. The minimum Gasteiger partial charge on any atom is -0.480 e. The zero-order valence-corrected chi connectivity index (χ0v) is 13.8. The van der Waals surface area contributed by atoms with Gasteiger partial charge in [-0.2, -0.15) is 0 Å². The van der Waals surface area contributed by atoms with Crippen LogP contribution in [0, 0.1) is 0 Å². The minimum atomic E-state index is -0.925. The van der Waals surface area contributed by atoms with Crippen LogP contribution in [0.5, 0.6) is 0 Å². The molecule has 0 radical (unpaired) electrons. The Morgan fingerprint density at radius 3 is 2.83 bits per heavy atom. The number of thioether (sulfide) groups is 1. The summed E-state index contributed by atoms with van der Waals surface area (Å²) in [5.41, 5.74) is 1.13. The zero-order chi connectivity index (χ0) is 16.7. The van der Waals surface area contributed by atoms with Crippen LogP contribution in [-0.2, 0) is 16.0 Å². The first-order chi connectivity index (χ1) is 11.6. The maximum atomic E-state index is 12.2. The van der Waals surface area contributed by atoms with Gasteiger partial charge in [0.1, 0.15) is 6.04 Å². The van der Waals surface area contributed by atoms with Crippen LogP contribution in [-0.4, -0.2) is 33.2 Å². The fraction of sp³-hybridized carbons (Fsp3) is 0.263. The van der Waals surface area contributed by atoms with Crippen molar-refractivity contribution in [1.82, 2.24) is 4.90 Å². The van der Waals surface area contributed by atoms with Crippen molar-refractivity contribution in [3.05, 3.63) is 59.1 Å². The van der Waals surface area contributed by atoms with E-state index in [0.29, 0.717) is 19.3 Å². The van der Waals surface area contributed by atoms with Gasteiger partial charge in [-0.3, -0.25) is 9.69 Å². The summed E-state index contributed by atoms with van der Waals surface area (Å²) in [5, 5.41) is 12.6. The van der Waals surface area contributed by atoms with E-state index in [1.165, 1.54) is 16.7 Å². The number of amides is 1. The van der Waals surface area contributed by atoms with Gasteiger partial charge >= 0.3 is 5.97 Å². The lowest BCUT2D eigenvalue weighted by atomic mass is 9.97. The van der Waals surface area contributed by atoms with Crippen LogP contribution in [0.15, 0.2) is 53.6 Å². The standard InChI is InChI=1S/C19H17NO3S/c21-16-9-4-10-17-20(16)18(19(22)23)15(24-17)11-13-7-3-6-12-5-1-2-8-14(12)13/h1-3,5-8,10,15,18H,4,9,11H2,(H,22,23). The first-order valence-electron chi connectivity index (χ1n) is 8.03. The van der Waals surface area contributed by atoms with E-state index in [2.05, 4.69) is 24.3 Å². The molecule has 0 saturated carbocycles. The molecule has 0 spiro atoms. The molecule has 5 heteroatoms. The highest BCUT2D eigenvalue weighted by Crippen LogP contribution is 2.43. The van der Waals surface area contributed by atoms with Gasteiger partial charge in [-0.05, 0) is 29.2 Å². The van der Waals surface area contributed by atoms with Crippen LogP contribution in [0.4, 0.5) is 0 Å². The Morgan fingerprint density at radius 1 is 1.21 bits per heavy atom. The molecule has 2 atom stereocenters. The Bertz CT molecular complexity index is 855. The molecule has 1 amide bonds. The van der Waals surface area contributed by atoms with Gasteiger partial charge in [0.05, 0.1) is 5.03 Å². The van der Waals surface area contributed by atoms with Crippen molar-refractivity contribution < 1.29 is 14.7 Å². The van der Waals surface area contributed by atoms with Gasteiger partial charge in [0, 0.05) is 11.7 Å². The molecule has 1 fully saturated rings. The van der Waals surface area contributed by atoms with E-state index < -0.39 is 12.0 Å². The largest absolute Gasteiger partial charge is 0.480 e. The Kier molecular flexibility index (Phi) is 3.81. The van der Waals surface area contributed by atoms with Crippen molar-refractivity contribution in [2.45, 2.75) is 30.6 Å². The first-order valence-corrected chi connectivity index (χ1v) is 8.91. The van der Waals surface area contributed by atoms with Crippen LogP contribution >= 0.6 is 11.8 Å². The van der Waals surface area contributed by atoms with Gasteiger partial charge in [0.15, 0.2) is 0 Å². The third-order valence-electron chi connectivity index (χ3n) is 4.64. The molecule has 2 aliphatic heterocycles. The summed E-state index contributed by atoms with van der Waals surface area (Å²) in [7, 11) is 0. The summed E-state index contributed by atoms with van der Waals surface area (Å²) < 4.78 is 0. The third kappa shape index (κ3) is 2.49. The van der Waals surface area contributed by atoms with Crippen molar-refractivity contribution in [1.29, 1.82) is 0 Å². The molecule has 0 aliphatic carbocycles. The van der Waals surface area contributed by atoms with Gasteiger partial charge < -0.3 is 5.11 Å². The molecule has 24 heavy (non-hydrogen) atoms. The fourth-order valence-electron chi connectivity index (χ4n) is 3.55. The predicted molar refractivity (Wildman–Crippen MR) is 94.6 cm³/mol. The molecule has 2 heterocycles. The van der Waals surface area contributed by atoms with Crippen LogP contribution in [0.2, 0.25) is 0 Å². The SMILES string of the molecule is O=C(O)C1C(Cc2cccc3ccccc23)SC2=CCCC(=O)N21. The number of nitrogens with zero attached hydrogens (tertiary/aromatic N) is 1. The number of allylic oxidation sites excluding steroid dienone is 1. The number of hydrogen-bond acceptors (Lipinski definition) is 3.